The Hall–Kier alpha value is -0.910. The summed E-state index contributed by atoms with van der Waals surface area (Å²) in [6, 6.07) is 7.42. The summed E-state index contributed by atoms with van der Waals surface area (Å²) in [5.41, 5.74) is 7.69. The van der Waals surface area contributed by atoms with Gasteiger partial charge in [-0.25, -0.2) is 13.1 Å². The van der Waals surface area contributed by atoms with Crippen molar-refractivity contribution in [3.05, 3.63) is 35.4 Å². The zero-order chi connectivity index (χ0) is 15.9. The molecule has 1 aromatic carbocycles. The van der Waals surface area contributed by atoms with Crippen molar-refractivity contribution in [2.45, 2.75) is 40.0 Å². The van der Waals surface area contributed by atoms with E-state index in [9.17, 15) is 8.42 Å². The van der Waals surface area contributed by atoms with E-state index in [2.05, 4.69) is 32.4 Å². The molecule has 0 spiro atoms. The first-order chi connectivity index (χ1) is 9.62. The van der Waals surface area contributed by atoms with Gasteiger partial charge < -0.3 is 5.73 Å². The van der Waals surface area contributed by atoms with Gasteiger partial charge in [0.15, 0.2) is 0 Å². The van der Waals surface area contributed by atoms with Crippen molar-refractivity contribution in [3.8, 4) is 0 Å². The number of nitrogens with one attached hydrogen (secondary N) is 1. The van der Waals surface area contributed by atoms with Gasteiger partial charge in [0, 0.05) is 13.1 Å². The average molecular weight is 310 g/mol. The lowest BCUT2D eigenvalue weighted by Gasteiger charge is -2.10. The maximum Gasteiger partial charge on any atom is 0.215 e. The standard InChI is InChI=1S/C16H26N2O2S/c1-15(2)14(16(15,3)4)10-18-21(19,20)11-13-8-6-5-7-12(13)9-17/h5-8,14,18H,9-11,17H2,1-4H3. The number of benzene rings is 1. The quantitative estimate of drug-likeness (QED) is 0.846. The van der Waals surface area contributed by atoms with Crippen LogP contribution in [-0.2, 0) is 22.3 Å². The molecule has 3 N–H and O–H groups in total. The second-order valence-corrected chi connectivity index (χ2v) is 8.88. The molecule has 0 radical (unpaired) electrons. The third kappa shape index (κ3) is 3.15. The first kappa shape index (κ1) is 16.5. The highest BCUT2D eigenvalue weighted by Crippen LogP contribution is 2.67. The molecule has 0 atom stereocenters. The largest absolute Gasteiger partial charge is 0.326 e. The lowest BCUT2D eigenvalue weighted by Crippen LogP contribution is -2.29. The molecule has 0 heterocycles. The summed E-state index contributed by atoms with van der Waals surface area (Å²) >= 11 is 0. The third-order valence-electron chi connectivity index (χ3n) is 5.51. The zero-order valence-corrected chi connectivity index (χ0v) is 14.1. The Kier molecular flexibility index (Phi) is 4.21. The van der Waals surface area contributed by atoms with Gasteiger partial charge in [-0.2, -0.15) is 0 Å². The van der Waals surface area contributed by atoms with Crippen LogP contribution in [0.2, 0.25) is 0 Å². The highest BCUT2D eigenvalue weighted by atomic mass is 32.2. The molecular formula is C16H26N2O2S. The SMILES string of the molecule is CC1(C)C(CNS(=O)(=O)Cc2ccccc2CN)C1(C)C. The molecule has 0 aliphatic heterocycles. The van der Waals surface area contributed by atoms with E-state index in [1.54, 1.807) is 0 Å². The lowest BCUT2D eigenvalue weighted by molar-refractivity contribution is 0.457. The van der Waals surface area contributed by atoms with Crippen LogP contribution in [0.15, 0.2) is 24.3 Å². The minimum absolute atomic E-state index is 0.00600. The van der Waals surface area contributed by atoms with Crippen LogP contribution in [0.5, 0.6) is 0 Å². The summed E-state index contributed by atoms with van der Waals surface area (Å²) in [4.78, 5) is 0. The molecule has 2 rings (SSSR count). The van der Waals surface area contributed by atoms with Crippen LogP contribution in [-0.4, -0.2) is 15.0 Å². The molecule has 0 saturated heterocycles. The van der Waals surface area contributed by atoms with Crippen molar-refractivity contribution in [1.82, 2.24) is 4.72 Å². The molecule has 1 aliphatic carbocycles. The molecule has 21 heavy (non-hydrogen) atoms. The highest BCUT2D eigenvalue weighted by molar-refractivity contribution is 7.88. The van der Waals surface area contributed by atoms with Crippen molar-refractivity contribution < 1.29 is 8.42 Å². The van der Waals surface area contributed by atoms with Gasteiger partial charge in [0.05, 0.1) is 5.75 Å². The van der Waals surface area contributed by atoms with Gasteiger partial charge in [0.2, 0.25) is 10.0 Å². The Morgan fingerprint density at radius 2 is 1.62 bits per heavy atom. The summed E-state index contributed by atoms with van der Waals surface area (Å²) < 4.78 is 27.3. The van der Waals surface area contributed by atoms with Gasteiger partial charge >= 0.3 is 0 Å². The van der Waals surface area contributed by atoms with Crippen molar-refractivity contribution >= 4 is 10.0 Å². The van der Waals surface area contributed by atoms with E-state index >= 15 is 0 Å². The molecule has 0 bridgehead atoms. The molecule has 0 amide bonds. The van der Waals surface area contributed by atoms with Crippen LogP contribution in [0.3, 0.4) is 0 Å². The Labute approximate surface area is 128 Å². The first-order valence-electron chi connectivity index (χ1n) is 7.36. The van der Waals surface area contributed by atoms with E-state index in [1.165, 1.54) is 0 Å². The predicted molar refractivity (Wildman–Crippen MR) is 86.0 cm³/mol. The lowest BCUT2D eigenvalue weighted by atomic mass is 10.0. The fourth-order valence-corrected chi connectivity index (χ4v) is 4.42. The van der Waals surface area contributed by atoms with E-state index < -0.39 is 10.0 Å². The molecule has 1 aromatic rings. The minimum atomic E-state index is -3.33. The monoisotopic (exact) mass is 310 g/mol. The summed E-state index contributed by atoms with van der Waals surface area (Å²) in [7, 11) is -3.33. The van der Waals surface area contributed by atoms with Gasteiger partial charge in [-0.1, -0.05) is 52.0 Å². The Bertz CT molecular complexity index is 607. The maximum absolute atomic E-state index is 12.3. The fraction of sp³-hybridized carbons (Fsp3) is 0.625. The molecular weight excluding hydrogens is 284 g/mol. The van der Waals surface area contributed by atoms with Gasteiger partial charge in [0.1, 0.15) is 0 Å². The molecule has 4 nitrogen and oxygen atoms in total. The van der Waals surface area contributed by atoms with Crippen molar-refractivity contribution in [3.63, 3.8) is 0 Å². The van der Waals surface area contributed by atoms with Gasteiger partial charge in [-0.15, -0.1) is 0 Å². The molecule has 5 heteroatoms. The smallest absolute Gasteiger partial charge is 0.215 e. The molecule has 118 valence electrons. The van der Waals surface area contributed by atoms with Crippen LogP contribution < -0.4 is 10.5 Å². The molecule has 0 aromatic heterocycles. The first-order valence-corrected chi connectivity index (χ1v) is 9.01. The average Bonchev–Trinajstić information content (AvgIpc) is 2.77. The van der Waals surface area contributed by atoms with Crippen LogP contribution in [0, 0.1) is 16.7 Å². The summed E-state index contributed by atoms with van der Waals surface area (Å²) in [5, 5.41) is 0. The van der Waals surface area contributed by atoms with Crippen LogP contribution >= 0.6 is 0 Å². The number of rotatable bonds is 6. The van der Waals surface area contributed by atoms with Crippen LogP contribution in [0.4, 0.5) is 0 Å². The molecule has 1 fully saturated rings. The van der Waals surface area contributed by atoms with Crippen molar-refractivity contribution in [1.29, 1.82) is 0 Å². The second kappa shape index (κ2) is 5.38. The topological polar surface area (TPSA) is 72.2 Å². The van der Waals surface area contributed by atoms with Gasteiger partial charge in [-0.3, -0.25) is 0 Å². The normalized spacial score (nSPS) is 20.4. The molecule has 1 saturated carbocycles. The highest BCUT2D eigenvalue weighted by Gasteiger charge is 2.64. The Morgan fingerprint density at radius 3 is 2.10 bits per heavy atom. The molecule has 1 aliphatic rings. The van der Waals surface area contributed by atoms with E-state index in [-0.39, 0.29) is 16.6 Å². The van der Waals surface area contributed by atoms with Crippen LogP contribution in [0.1, 0.15) is 38.8 Å². The summed E-state index contributed by atoms with van der Waals surface area (Å²) in [6.07, 6.45) is 0. The van der Waals surface area contributed by atoms with Crippen molar-refractivity contribution in [2.75, 3.05) is 6.54 Å². The summed E-state index contributed by atoms with van der Waals surface area (Å²) in [6.45, 7) is 9.62. The minimum Gasteiger partial charge on any atom is -0.326 e. The van der Waals surface area contributed by atoms with E-state index in [0.717, 1.165) is 11.1 Å². The second-order valence-electron chi connectivity index (χ2n) is 7.08. The van der Waals surface area contributed by atoms with Crippen molar-refractivity contribution in [2.24, 2.45) is 22.5 Å². The van der Waals surface area contributed by atoms with Gasteiger partial charge in [-0.05, 0) is 27.9 Å². The zero-order valence-electron chi connectivity index (χ0n) is 13.3. The van der Waals surface area contributed by atoms with E-state index in [0.29, 0.717) is 19.0 Å². The van der Waals surface area contributed by atoms with E-state index in [4.69, 9.17) is 5.73 Å². The fourth-order valence-electron chi connectivity index (χ4n) is 3.21. The van der Waals surface area contributed by atoms with E-state index in [1.807, 2.05) is 24.3 Å². The predicted octanol–water partition coefficient (Wildman–Crippen LogP) is 2.25. The Morgan fingerprint density at radius 1 is 1.10 bits per heavy atom. The summed E-state index contributed by atoms with van der Waals surface area (Å²) in [5.74, 6) is 0.373. The third-order valence-corrected chi connectivity index (χ3v) is 6.81. The number of hydrogen-bond acceptors (Lipinski definition) is 3. The molecule has 0 unspecified atom stereocenters. The maximum atomic E-state index is 12.3. The number of nitrogens with two attached hydrogens (primary N) is 1. The number of hydrogen-bond donors (Lipinski definition) is 2. The Balaban J connectivity index is 2.01. The van der Waals surface area contributed by atoms with Crippen LogP contribution in [0.25, 0.3) is 0 Å². The number of sulfonamides is 1. The van der Waals surface area contributed by atoms with Gasteiger partial charge in [0.25, 0.3) is 0 Å².